The van der Waals surface area contributed by atoms with E-state index in [-0.39, 0.29) is 23.2 Å². The lowest BCUT2D eigenvalue weighted by molar-refractivity contribution is -0.135. The number of nitrogens with one attached hydrogen (secondary N) is 2. The molecule has 0 bridgehead atoms. The number of anilines is 1. The molecule has 2 N–H and O–H groups in total. The number of aromatic amines is 1. The molecule has 3 unspecified atom stereocenters. The Labute approximate surface area is 211 Å². The van der Waals surface area contributed by atoms with Crippen molar-refractivity contribution in [3.8, 4) is 0 Å². The Morgan fingerprint density at radius 2 is 1.92 bits per heavy atom. The SMILES string of the molecule is O=C(CC1CC2(CCN(C(=O)C3[C@H]4COC[C@@H]34)CC2)c2ccccc21)Nc1cc(C2CCOC2)[nH]n1. The molecule has 2 amide bonds. The largest absolute Gasteiger partial charge is 0.381 e. The number of carbonyl (C=O) groups is 2. The van der Waals surface area contributed by atoms with Crippen molar-refractivity contribution >= 4 is 17.6 Å². The third-order valence-corrected chi connectivity index (χ3v) is 9.55. The molecule has 0 radical (unpaired) electrons. The highest BCUT2D eigenvalue weighted by atomic mass is 16.5. The summed E-state index contributed by atoms with van der Waals surface area (Å²) in [4.78, 5) is 28.2. The van der Waals surface area contributed by atoms with E-state index >= 15 is 0 Å². The number of rotatable bonds is 5. The quantitative estimate of drug-likeness (QED) is 0.671. The van der Waals surface area contributed by atoms with Crippen LogP contribution in [0.2, 0.25) is 0 Å². The van der Waals surface area contributed by atoms with Crippen molar-refractivity contribution in [2.75, 3.05) is 44.8 Å². The molecule has 3 aliphatic heterocycles. The van der Waals surface area contributed by atoms with E-state index in [2.05, 4.69) is 44.7 Å². The Kier molecular flexibility index (Phi) is 5.43. The Morgan fingerprint density at radius 1 is 1.11 bits per heavy atom. The Morgan fingerprint density at radius 3 is 2.69 bits per heavy atom. The first-order valence-electron chi connectivity index (χ1n) is 13.5. The highest BCUT2D eigenvalue weighted by Gasteiger charge is 2.59. The van der Waals surface area contributed by atoms with Gasteiger partial charge in [-0.1, -0.05) is 24.3 Å². The maximum atomic E-state index is 13.1. The number of hydrogen-bond acceptors (Lipinski definition) is 5. The molecule has 2 aliphatic carbocycles. The standard InChI is InChI=1S/C28H34N4O4/c33-25(29-24-12-23(30-31-24)17-5-10-35-14-17)11-18-13-28(22-4-2-1-3-19(18)22)6-8-32(9-7-28)27(34)26-20-15-36-16-21(20)26/h1-4,12,17-18,20-21,26H,5-11,13-16H2,(H2,29,30,31,33)/t17?,18?,20-,21+,26?. The lowest BCUT2D eigenvalue weighted by Gasteiger charge is -2.40. The van der Waals surface area contributed by atoms with Crippen molar-refractivity contribution in [1.82, 2.24) is 15.1 Å². The predicted octanol–water partition coefficient (Wildman–Crippen LogP) is 3.18. The summed E-state index contributed by atoms with van der Waals surface area (Å²) in [5, 5.41) is 10.4. The molecule has 5 atom stereocenters. The summed E-state index contributed by atoms with van der Waals surface area (Å²) in [5.41, 5.74) is 3.77. The van der Waals surface area contributed by atoms with Crippen LogP contribution in [-0.2, 0) is 24.5 Å². The summed E-state index contributed by atoms with van der Waals surface area (Å²) in [5.74, 6) is 2.56. The fraction of sp³-hybridized carbons (Fsp3) is 0.607. The van der Waals surface area contributed by atoms with Crippen LogP contribution in [0.5, 0.6) is 0 Å². The second-order valence-corrected chi connectivity index (χ2v) is 11.5. The van der Waals surface area contributed by atoms with Crippen LogP contribution < -0.4 is 5.32 Å². The molecule has 8 nitrogen and oxygen atoms in total. The van der Waals surface area contributed by atoms with Crippen LogP contribution in [-0.4, -0.2) is 66.4 Å². The summed E-state index contributed by atoms with van der Waals surface area (Å²) >= 11 is 0. The van der Waals surface area contributed by atoms with Crippen LogP contribution in [0.4, 0.5) is 5.82 Å². The van der Waals surface area contributed by atoms with Crippen molar-refractivity contribution in [2.24, 2.45) is 17.8 Å². The summed E-state index contributed by atoms with van der Waals surface area (Å²) in [6.45, 7) is 4.61. The van der Waals surface area contributed by atoms with Crippen molar-refractivity contribution in [1.29, 1.82) is 0 Å². The van der Waals surface area contributed by atoms with Crippen molar-refractivity contribution < 1.29 is 19.1 Å². The van der Waals surface area contributed by atoms with E-state index < -0.39 is 0 Å². The average molecular weight is 491 g/mol. The number of benzene rings is 1. The number of ether oxygens (including phenoxy) is 2. The van der Waals surface area contributed by atoms with Crippen LogP contribution in [0.3, 0.4) is 0 Å². The molecule has 2 aromatic rings. The van der Waals surface area contributed by atoms with Gasteiger partial charge in [0, 0.05) is 49.7 Å². The number of fused-ring (bicyclic) bond motifs is 3. The molecule has 4 fully saturated rings. The number of amides is 2. The highest BCUT2D eigenvalue weighted by Crippen LogP contribution is 2.55. The topological polar surface area (TPSA) is 96.5 Å². The Balaban J connectivity index is 1.00. The molecule has 4 heterocycles. The first-order valence-corrected chi connectivity index (χ1v) is 13.5. The van der Waals surface area contributed by atoms with E-state index in [9.17, 15) is 9.59 Å². The van der Waals surface area contributed by atoms with E-state index in [1.807, 2.05) is 6.07 Å². The zero-order valence-electron chi connectivity index (χ0n) is 20.6. The number of likely N-dealkylation sites (tertiary alicyclic amines) is 1. The molecule has 5 aliphatic rings. The second kappa shape index (κ2) is 8.70. The van der Waals surface area contributed by atoms with Gasteiger partial charge in [-0.3, -0.25) is 14.7 Å². The maximum absolute atomic E-state index is 13.1. The molecule has 1 aromatic heterocycles. The first-order chi connectivity index (χ1) is 17.6. The molecule has 1 spiro atoms. The van der Waals surface area contributed by atoms with Crippen molar-refractivity contribution in [3.05, 3.63) is 47.2 Å². The number of hydrogen-bond donors (Lipinski definition) is 2. The van der Waals surface area contributed by atoms with Crippen molar-refractivity contribution in [3.63, 3.8) is 0 Å². The maximum Gasteiger partial charge on any atom is 0.226 e. The zero-order chi connectivity index (χ0) is 24.3. The number of piperidine rings is 1. The van der Waals surface area contributed by atoms with Gasteiger partial charge in [-0.05, 0) is 60.0 Å². The monoisotopic (exact) mass is 490 g/mol. The van der Waals surface area contributed by atoms with Gasteiger partial charge in [0.1, 0.15) is 0 Å². The molecule has 7 rings (SSSR count). The third kappa shape index (κ3) is 3.77. The molecule has 1 saturated carbocycles. The minimum Gasteiger partial charge on any atom is -0.381 e. The summed E-state index contributed by atoms with van der Waals surface area (Å²) in [6, 6.07) is 10.6. The molecule has 8 heteroatoms. The van der Waals surface area contributed by atoms with Crippen LogP contribution in [0.25, 0.3) is 0 Å². The lowest BCUT2D eigenvalue weighted by atomic mass is 9.73. The van der Waals surface area contributed by atoms with Gasteiger partial charge < -0.3 is 19.7 Å². The van der Waals surface area contributed by atoms with Gasteiger partial charge in [0.2, 0.25) is 11.8 Å². The van der Waals surface area contributed by atoms with Crippen LogP contribution >= 0.6 is 0 Å². The van der Waals surface area contributed by atoms with E-state index in [0.29, 0.717) is 42.5 Å². The number of nitrogens with zero attached hydrogens (tertiary/aromatic N) is 2. The molecular weight excluding hydrogens is 456 g/mol. The molecule has 1 aromatic carbocycles. The normalized spacial score (nSPS) is 31.9. The van der Waals surface area contributed by atoms with Gasteiger partial charge in [0.15, 0.2) is 5.82 Å². The Hall–Kier alpha value is -2.71. The minimum atomic E-state index is 0.00248. The lowest BCUT2D eigenvalue weighted by Crippen LogP contribution is -2.45. The van der Waals surface area contributed by atoms with E-state index in [1.165, 1.54) is 11.1 Å². The van der Waals surface area contributed by atoms with Gasteiger partial charge in [-0.15, -0.1) is 0 Å². The summed E-state index contributed by atoms with van der Waals surface area (Å²) in [6.07, 6.45) is 4.34. The van der Waals surface area contributed by atoms with Crippen LogP contribution in [0.1, 0.15) is 60.8 Å². The molecule has 36 heavy (non-hydrogen) atoms. The minimum absolute atomic E-state index is 0.00248. The van der Waals surface area contributed by atoms with Gasteiger partial charge in [-0.2, -0.15) is 5.10 Å². The zero-order valence-corrected chi connectivity index (χ0v) is 20.6. The molecule has 3 saturated heterocycles. The van der Waals surface area contributed by atoms with Crippen LogP contribution in [0.15, 0.2) is 30.3 Å². The highest BCUT2D eigenvalue weighted by molar-refractivity contribution is 5.90. The summed E-state index contributed by atoms with van der Waals surface area (Å²) in [7, 11) is 0. The second-order valence-electron chi connectivity index (χ2n) is 11.5. The number of H-pyrrole nitrogens is 1. The van der Waals surface area contributed by atoms with Crippen molar-refractivity contribution in [2.45, 2.75) is 49.4 Å². The smallest absolute Gasteiger partial charge is 0.226 e. The molecular formula is C28H34N4O4. The third-order valence-electron chi connectivity index (χ3n) is 9.55. The van der Waals surface area contributed by atoms with Gasteiger partial charge >= 0.3 is 0 Å². The van der Waals surface area contributed by atoms with E-state index in [1.54, 1.807) is 0 Å². The molecule has 190 valence electrons. The van der Waals surface area contributed by atoms with Crippen LogP contribution in [0, 0.1) is 17.8 Å². The van der Waals surface area contributed by atoms with Gasteiger partial charge in [-0.25, -0.2) is 0 Å². The van der Waals surface area contributed by atoms with E-state index in [0.717, 1.165) is 64.3 Å². The average Bonchev–Trinajstić information content (AvgIpc) is 3.48. The number of carbonyl (C=O) groups excluding carboxylic acids is 2. The fourth-order valence-electron chi connectivity index (χ4n) is 7.46. The predicted molar refractivity (Wildman–Crippen MR) is 133 cm³/mol. The Bertz CT molecular complexity index is 1150. The van der Waals surface area contributed by atoms with E-state index in [4.69, 9.17) is 9.47 Å². The first kappa shape index (κ1) is 22.5. The number of aromatic nitrogens is 2. The van der Waals surface area contributed by atoms with Gasteiger partial charge in [0.25, 0.3) is 0 Å². The fourth-order valence-corrected chi connectivity index (χ4v) is 7.46. The summed E-state index contributed by atoms with van der Waals surface area (Å²) < 4.78 is 10.9. The van der Waals surface area contributed by atoms with Gasteiger partial charge in [0.05, 0.1) is 19.8 Å².